The number of rotatable bonds is 7. The second kappa shape index (κ2) is 8.71. The minimum absolute atomic E-state index is 0.0638. The van der Waals surface area contributed by atoms with Crippen molar-refractivity contribution in [1.82, 2.24) is 4.90 Å². The molecular weight excluding hydrogens is 340 g/mol. The van der Waals surface area contributed by atoms with Gasteiger partial charge < -0.3 is 14.5 Å². The lowest BCUT2D eigenvalue weighted by atomic mass is 10.1. The predicted octanol–water partition coefficient (Wildman–Crippen LogP) is 3.41. The van der Waals surface area contributed by atoms with Gasteiger partial charge in [0.2, 0.25) is 11.8 Å². The van der Waals surface area contributed by atoms with Crippen LogP contribution in [-0.2, 0) is 22.6 Å². The van der Waals surface area contributed by atoms with E-state index in [-0.39, 0.29) is 11.8 Å². The molecule has 1 aliphatic heterocycles. The van der Waals surface area contributed by atoms with Crippen LogP contribution in [0.3, 0.4) is 0 Å². The summed E-state index contributed by atoms with van der Waals surface area (Å²) >= 11 is 0. The van der Waals surface area contributed by atoms with Crippen molar-refractivity contribution in [2.75, 3.05) is 25.1 Å². The van der Waals surface area contributed by atoms with Crippen molar-refractivity contribution >= 4 is 17.5 Å². The number of carbonyl (C=O) groups excluding carboxylic acids is 2. The molecule has 0 bridgehead atoms. The first-order chi connectivity index (χ1) is 13.1. The van der Waals surface area contributed by atoms with Gasteiger partial charge in [0.15, 0.2) is 0 Å². The highest BCUT2D eigenvalue weighted by Gasteiger charge is 2.21. The maximum Gasteiger partial charge on any atom is 0.227 e. The van der Waals surface area contributed by atoms with Gasteiger partial charge in [0.1, 0.15) is 5.75 Å². The molecule has 1 fully saturated rings. The highest BCUT2D eigenvalue weighted by atomic mass is 16.5. The highest BCUT2D eigenvalue weighted by molar-refractivity contribution is 5.95. The van der Waals surface area contributed by atoms with Crippen molar-refractivity contribution in [2.24, 2.45) is 0 Å². The van der Waals surface area contributed by atoms with Crippen LogP contribution in [0.4, 0.5) is 5.69 Å². The fraction of sp³-hybridized carbons (Fsp3) is 0.364. The second-order valence-electron chi connectivity index (χ2n) is 6.82. The lowest BCUT2D eigenvalue weighted by Gasteiger charge is -2.19. The smallest absolute Gasteiger partial charge is 0.227 e. The SMILES string of the molecule is CCOc1ccc(CN(C)C(=O)Cc2ccc(N3CCCC3=O)cc2)cc1. The van der Waals surface area contributed by atoms with E-state index < -0.39 is 0 Å². The molecule has 0 radical (unpaired) electrons. The Kier molecular flexibility index (Phi) is 6.12. The summed E-state index contributed by atoms with van der Waals surface area (Å²) in [7, 11) is 1.82. The number of hydrogen-bond donors (Lipinski definition) is 0. The Labute approximate surface area is 160 Å². The molecule has 5 heteroatoms. The minimum Gasteiger partial charge on any atom is -0.494 e. The van der Waals surface area contributed by atoms with Crippen LogP contribution < -0.4 is 9.64 Å². The number of amides is 2. The molecule has 0 N–H and O–H groups in total. The van der Waals surface area contributed by atoms with Gasteiger partial charge in [-0.3, -0.25) is 9.59 Å². The molecule has 2 aromatic carbocycles. The topological polar surface area (TPSA) is 49.9 Å². The predicted molar refractivity (Wildman–Crippen MR) is 106 cm³/mol. The Balaban J connectivity index is 1.55. The molecule has 0 spiro atoms. The van der Waals surface area contributed by atoms with Gasteiger partial charge in [-0.15, -0.1) is 0 Å². The summed E-state index contributed by atoms with van der Waals surface area (Å²) in [5.41, 5.74) is 2.93. The normalized spacial score (nSPS) is 13.7. The minimum atomic E-state index is 0.0638. The zero-order chi connectivity index (χ0) is 19.2. The van der Waals surface area contributed by atoms with Crippen molar-refractivity contribution in [3.05, 3.63) is 59.7 Å². The molecule has 1 aliphatic rings. The van der Waals surface area contributed by atoms with Gasteiger partial charge in [-0.25, -0.2) is 0 Å². The third-order valence-electron chi connectivity index (χ3n) is 4.76. The summed E-state index contributed by atoms with van der Waals surface area (Å²) in [6, 6.07) is 15.5. The molecule has 1 saturated heterocycles. The summed E-state index contributed by atoms with van der Waals surface area (Å²) in [6.07, 6.45) is 1.88. The fourth-order valence-corrected chi connectivity index (χ4v) is 3.24. The maximum atomic E-state index is 12.5. The average Bonchev–Trinajstić information content (AvgIpc) is 3.10. The van der Waals surface area contributed by atoms with Crippen LogP contribution >= 0.6 is 0 Å². The van der Waals surface area contributed by atoms with E-state index in [0.29, 0.717) is 26.0 Å². The maximum absolute atomic E-state index is 12.5. The summed E-state index contributed by atoms with van der Waals surface area (Å²) in [4.78, 5) is 27.9. The molecule has 142 valence electrons. The van der Waals surface area contributed by atoms with Gasteiger partial charge in [-0.1, -0.05) is 24.3 Å². The molecule has 2 aromatic rings. The molecule has 3 rings (SSSR count). The van der Waals surface area contributed by atoms with Gasteiger partial charge >= 0.3 is 0 Å². The van der Waals surface area contributed by atoms with E-state index in [1.807, 2.05) is 67.4 Å². The molecule has 0 saturated carbocycles. The molecule has 1 heterocycles. The van der Waals surface area contributed by atoms with Gasteiger partial charge in [-0.05, 0) is 48.7 Å². The third kappa shape index (κ3) is 4.88. The van der Waals surface area contributed by atoms with Crippen molar-refractivity contribution in [1.29, 1.82) is 0 Å². The van der Waals surface area contributed by atoms with Crippen LogP contribution in [0.1, 0.15) is 30.9 Å². The number of hydrogen-bond acceptors (Lipinski definition) is 3. The third-order valence-corrected chi connectivity index (χ3v) is 4.76. The summed E-state index contributed by atoms with van der Waals surface area (Å²) in [6.45, 7) is 3.94. The average molecular weight is 366 g/mol. The van der Waals surface area contributed by atoms with Crippen LogP contribution in [0, 0.1) is 0 Å². The first kappa shape index (κ1) is 19.0. The molecule has 2 amide bonds. The van der Waals surface area contributed by atoms with Crippen LogP contribution in [0.2, 0.25) is 0 Å². The van der Waals surface area contributed by atoms with E-state index in [2.05, 4.69) is 0 Å². The van der Waals surface area contributed by atoms with E-state index in [0.717, 1.165) is 35.5 Å². The van der Waals surface area contributed by atoms with Gasteiger partial charge in [0.25, 0.3) is 0 Å². The van der Waals surface area contributed by atoms with Crippen molar-refractivity contribution in [3.63, 3.8) is 0 Å². The molecule has 0 aromatic heterocycles. The zero-order valence-corrected chi connectivity index (χ0v) is 16.0. The largest absolute Gasteiger partial charge is 0.494 e. The summed E-state index contributed by atoms with van der Waals surface area (Å²) in [5, 5.41) is 0. The molecule has 0 unspecified atom stereocenters. The van der Waals surface area contributed by atoms with Crippen LogP contribution in [0.5, 0.6) is 5.75 Å². The molecule has 27 heavy (non-hydrogen) atoms. The number of likely N-dealkylation sites (N-methyl/N-ethyl adjacent to an activating group) is 1. The number of nitrogens with zero attached hydrogens (tertiary/aromatic N) is 2. The lowest BCUT2D eigenvalue weighted by molar-refractivity contribution is -0.129. The van der Waals surface area contributed by atoms with E-state index in [1.54, 1.807) is 4.90 Å². The Morgan fingerprint density at radius 1 is 1.07 bits per heavy atom. The molecular formula is C22H26N2O3. The quantitative estimate of drug-likeness (QED) is 0.754. The van der Waals surface area contributed by atoms with Crippen LogP contribution in [-0.4, -0.2) is 36.9 Å². The lowest BCUT2D eigenvalue weighted by Crippen LogP contribution is -2.27. The standard InChI is InChI=1S/C22H26N2O3/c1-3-27-20-12-8-18(9-13-20)16-23(2)22(26)15-17-6-10-19(11-7-17)24-14-4-5-21(24)25/h6-13H,3-5,14-16H2,1-2H3. The van der Waals surface area contributed by atoms with Gasteiger partial charge in [0.05, 0.1) is 13.0 Å². The Morgan fingerprint density at radius 2 is 1.74 bits per heavy atom. The van der Waals surface area contributed by atoms with E-state index in [1.165, 1.54) is 0 Å². The Morgan fingerprint density at radius 3 is 2.33 bits per heavy atom. The first-order valence-corrected chi connectivity index (χ1v) is 9.42. The number of benzene rings is 2. The van der Waals surface area contributed by atoms with Crippen molar-refractivity contribution < 1.29 is 14.3 Å². The van der Waals surface area contributed by atoms with Crippen LogP contribution in [0.25, 0.3) is 0 Å². The monoisotopic (exact) mass is 366 g/mol. The first-order valence-electron chi connectivity index (χ1n) is 9.42. The fourth-order valence-electron chi connectivity index (χ4n) is 3.24. The number of ether oxygens (including phenoxy) is 1. The van der Waals surface area contributed by atoms with E-state index in [9.17, 15) is 9.59 Å². The molecule has 0 atom stereocenters. The van der Waals surface area contributed by atoms with E-state index >= 15 is 0 Å². The highest BCUT2D eigenvalue weighted by Crippen LogP contribution is 2.22. The number of anilines is 1. The zero-order valence-electron chi connectivity index (χ0n) is 16.0. The van der Waals surface area contributed by atoms with Crippen molar-refractivity contribution in [2.45, 2.75) is 32.7 Å². The summed E-state index contributed by atoms with van der Waals surface area (Å²) < 4.78 is 5.44. The second-order valence-corrected chi connectivity index (χ2v) is 6.82. The number of carbonyl (C=O) groups is 2. The molecule has 5 nitrogen and oxygen atoms in total. The Bertz CT molecular complexity index is 784. The summed E-state index contributed by atoms with van der Waals surface area (Å²) in [5.74, 6) is 1.08. The molecule has 0 aliphatic carbocycles. The van der Waals surface area contributed by atoms with Gasteiger partial charge in [0, 0.05) is 32.2 Å². The van der Waals surface area contributed by atoms with Crippen LogP contribution in [0.15, 0.2) is 48.5 Å². The van der Waals surface area contributed by atoms with Crippen molar-refractivity contribution in [3.8, 4) is 5.75 Å². The van der Waals surface area contributed by atoms with Gasteiger partial charge in [-0.2, -0.15) is 0 Å². The Hall–Kier alpha value is -2.82. The van der Waals surface area contributed by atoms with E-state index in [4.69, 9.17) is 4.74 Å².